The Balaban J connectivity index is 2.36. The van der Waals surface area contributed by atoms with E-state index in [2.05, 4.69) is 0 Å². The van der Waals surface area contributed by atoms with Crippen molar-refractivity contribution in [2.24, 2.45) is 0 Å². The molecule has 2 rings (SSSR count). The van der Waals surface area contributed by atoms with Crippen molar-refractivity contribution < 1.29 is 14.2 Å². The summed E-state index contributed by atoms with van der Waals surface area (Å²) in [7, 11) is 1.58. The molecule has 0 aliphatic rings. The van der Waals surface area contributed by atoms with Gasteiger partial charge in [0.2, 0.25) is 0 Å². The highest BCUT2D eigenvalue weighted by atomic mass is 32.2. The van der Waals surface area contributed by atoms with Gasteiger partial charge in [0.15, 0.2) is 0 Å². The van der Waals surface area contributed by atoms with Crippen LogP contribution in [0.5, 0.6) is 5.75 Å². The predicted octanol–water partition coefficient (Wildman–Crippen LogP) is 4.04. The summed E-state index contributed by atoms with van der Waals surface area (Å²) in [5.74, 6) is 0.396. The van der Waals surface area contributed by atoms with Crippen LogP contribution in [0.2, 0.25) is 0 Å². The molecule has 1 N–H and O–H groups in total. The molecule has 0 aromatic heterocycles. The molecule has 0 spiro atoms. The average Bonchev–Trinajstić information content (AvgIpc) is 2.40. The van der Waals surface area contributed by atoms with Crippen LogP contribution in [0.15, 0.2) is 52.3 Å². The smallest absolute Gasteiger partial charge is 0.125 e. The van der Waals surface area contributed by atoms with Crippen LogP contribution in [0.4, 0.5) is 4.39 Å². The van der Waals surface area contributed by atoms with Gasteiger partial charge >= 0.3 is 0 Å². The highest BCUT2D eigenvalue weighted by Crippen LogP contribution is 2.38. The number of rotatable bonds is 4. The number of halogens is 1. The van der Waals surface area contributed by atoms with Crippen molar-refractivity contribution in [3.8, 4) is 5.75 Å². The molecule has 0 unspecified atom stereocenters. The van der Waals surface area contributed by atoms with E-state index in [-0.39, 0.29) is 5.82 Å². The number of aliphatic hydroxyl groups is 1. The molecule has 4 heteroatoms. The van der Waals surface area contributed by atoms with Crippen LogP contribution < -0.4 is 4.74 Å². The Hall–Kier alpha value is -1.52. The summed E-state index contributed by atoms with van der Waals surface area (Å²) in [4.78, 5) is 1.82. The van der Waals surface area contributed by atoms with Gasteiger partial charge in [-0.25, -0.2) is 4.39 Å². The minimum Gasteiger partial charge on any atom is -0.496 e. The molecule has 19 heavy (non-hydrogen) atoms. The number of benzene rings is 2. The zero-order valence-electron chi connectivity index (χ0n) is 10.8. The second-order valence-electron chi connectivity index (χ2n) is 4.10. The number of methoxy groups -OCH3 is 1. The molecule has 2 aromatic carbocycles. The Morgan fingerprint density at radius 3 is 2.42 bits per heavy atom. The molecule has 0 aliphatic heterocycles. The van der Waals surface area contributed by atoms with Crippen LogP contribution in [0.25, 0.3) is 0 Å². The molecule has 2 aromatic rings. The zero-order chi connectivity index (χ0) is 13.8. The molecule has 0 radical (unpaired) electrons. The molecule has 0 amide bonds. The first-order chi connectivity index (χ1) is 9.11. The third kappa shape index (κ3) is 3.28. The van der Waals surface area contributed by atoms with E-state index in [4.69, 9.17) is 4.74 Å². The van der Waals surface area contributed by atoms with Crippen molar-refractivity contribution in [3.63, 3.8) is 0 Å². The molecule has 0 fully saturated rings. The molecule has 0 saturated carbocycles. The van der Waals surface area contributed by atoms with Gasteiger partial charge in [-0.3, -0.25) is 0 Å². The quantitative estimate of drug-likeness (QED) is 0.915. The fourth-order valence-electron chi connectivity index (χ4n) is 1.83. The Bertz CT molecular complexity index is 553. The summed E-state index contributed by atoms with van der Waals surface area (Å²) in [6.45, 7) is 1.70. The first-order valence-corrected chi connectivity index (χ1v) is 6.72. The van der Waals surface area contributed by atoms with Crippen LogP contribution >= 0.6 is 11.8 Å². The van der Waals surface area contributed by atoms with Gasteiger partial charge in [0.25, 0.3) is 0 Å². The molecule has 0 heterocycles. The summed E-state index contributed by atoms with van der Waals surface area (Å²) >= 11 is 1.47. The summed E-state index contributed by atoms with van der Waals surface area (Å²) < 4.78 is 18.2. The third-order valence-electron chi connectivity index (χ3n) is 2.71. The van der Waals surface area contributed by atoms with Gasteiger partial charge in [-0.15, -0.1) is 0 Å². The summed E-state index contributed by atoms with van der Waals surface area (Å²) in [6, 6.07) is 11.9. The lowest BCUT2D eigenvalue weighted by molar-refractivity contribution is 0.191. The largest absolute Gasteiger partial charge is 0.496 e. The Morgan fingerprint density at radius 1 is 1.16 bits per heavy atom. The molecule has 2 nitrogen and oxygen atoms in total. The Kier molecular flexibility index (Phi) is 4.45. The van der Waals surface area contributed by atoms with Crippen LogP contribution in [-0.2, 0) is 0 Å². The first-order valence-electron chi connectivity index (χ1n) is 5.90. The minimum absolute atomic E-state index is 0.259. The van der Waals surface area contributed by atoms with Crippen LogP contribution in [0.1, 0.15) is 18.6 Å². The van der Waals surface area contributed by atoms with Gasteiger partial charge in [0.1, 0.15) is 11.6 Å². The lowest BCUT2D eigenvalue weighted by Gasteiger charge is -2.15. The van der Waals surface area contributed by atoms with Gasteiger partial charge in [-0.2, -0.15) is 0 Å². The molecule has 100 valence electrons. The SMILES string of the molecule is COc1cccc(Sc2ccc(F)cc2)c1[C@@H](C)O. The third-order valence-corrected chi connectivity index (χ3v) is 3.79. The van der Waals surface area contributed by atoms with Crippen molar-refractivity contribution >= 4 is 11.8 Å². The summed E-state index contributed by atoms with van der Waals surface area (Å²) in [5, 5.41) is 9.89. The highest BCUT2D eigenvalue weighted by Gasteiger charge is 2.14. The van der Waals surface area contributed by atoms with E-state index in [1.807, 2.05) is 18.2 Å². The van der Waals surface area contributed by atoms with E-state index in [9.17, 15) is 9.50 Å². The van der Waals surface area contributed by atoms with Crippen molar-refractivity contribution in [1.29, 1.82) is 0 Å². The predicted molar refractivity (Wildman–Crippen MR) is 74.2 cm³/mol. The number of aliphatic hydroxyl groups excluding tert-OH is 1. The van der Waals surface area contributed by atoms with Crippen molar-refractivity contribution in [2.45, 2.75) is 22.8 Å². The maximum atomic E-state index is 12.9. The van der Waals surface area contributed by atoms with E-state index < -0.39 is 6.10 Å². The van der Waals surface area contributed by atoms with E-state index in [1.165, 1.54) is 23.9 Å². The number of ether oxygens (including phenoxy) is 1. The lowest BCUT2D eigenvalue weighted by atomic mass is 10.1. The maximum Gasteiger partial charge on any atom is 0.125 e. The molecule has 0 bridgehead atoms. The number of hydrogen-bond donors (Lipinski definition) is 1. The van der Waals surface area contributed by atoms with Gasteiger partial charge < -0.3 is 9.84 Å². The van der Waals surface area contributed by atoms with E-state index in [0.29, 0.717) is 5.75 Å². The van der Waals surface area contributed by atoms with Crippen molar-refractivity contribution in [1.82, 2.24) is 0 Å². The maximum absolute atomic E-state index is 12.9. The fourth-order valence-corrected chi connectivity index (χ4v) is 2.89. The summed E-state index contributed by atoms with van der Waals surface area (Å²) in [5.41, 5.74) is 0.749. The molecule has 0 aliphatic carbocycles. The van der Waals surface area contributed by atoms with Crippen LogP contribution in [0.3, 0.4) is 0 Å². The van der Waals surface area contributed by atoms with E-state index >= 15 is 0 Å². The first kappa shape index (κ1) is 13.9. The molecular formula is C15H15FO2S. The number of hydrogen-bond acceptors (Lipinski definition) is 3. The van der Waals surface area contributed by atoms with Crippen molar-refractivity contribution in [2.75, 3.05) is 7.11 Å². The molecule has 1 atom stereocenters. The summed E-state index contributed by atoms with van der Waals surface area (Å²) in [6.07, 6.45) is -0.626. The van der Waals surface area contributed by atoms with Gasteiger partial charge in [0, 0.05) is 15.4 Å². The van der Waals surface area contributed by atoms with E-state index in [1.54, 1.807) is 26.2 Å². The van der Waals surface area contributed by atoms with Crippen LogP contribution in [0, 0.1) is 5.82 Å². The monoisotopic (exact) mass is 278 g/mol. The fraction of sp³-hybridized carbons (Fsp3) is 0.200. The van der Waals surface area contributed by atoms with Crippen molar-refractivity contribution in [3.05, 3.63) is 53.8 Å². The normalized spacial score (nSPS) is 12.2. The average molecular weight is 278 g/mol. The highest BCUT2D eigenvalue weighted by molar-refractivity contribution is 7.99. The minimum atomic E-state index is -0.626. The van der Waals surface area contributed by atoms with Gasteiger partial charge in [0.05, 0.1) is 13.2 Å². The second kappa shape index (κ2) is 6.08. The Morgan fingerprint density at radius 2 is 1.84 bits per heavy atom. The zero-order valence-corrected chi connectivity index (χ0v) is 11.6. The lowest BCUT2D eigenvalue weighted by Crippen LogP contribution is -1.98. The second-order valence-corrected chi connectivity index (χ2v) is 5.22. The standard InChI is InChI=1S/C15H15FO2S/c1-10(17)15-13(18-2)4-3-5-14(15)19-12-8-6-11(16)7-9-12/h3-10,17H,1-2H3/t10-/m1/s1. The Labute approximate surface area is 116 Å². The van der Waals surface area contributed by atoms with Crippen LogP contribution in [-0.4, -0.2) is 12.2 Å². The van der Waals surface area contributed by atoms with E-state index in [0.717, 1.165) is 15.4 Å². The topological polar surface area (TPSA) is 29.5 Å². The van der Waals surface area contributed by atoms with Gasteiger partial charge in [-0.05, 0) is 43.3 Å². The molecular weight excluding hydrogens is 263 g/mol. The van der Waals surface area contributed by atoms with Gasteiger partial charge in [-0.1, -0.05) is 17.8 Å². The molecule has 0 saturated heterocycles.